The molecule has 2 aliphatic carbocycles. The van der Waals surface area contributed by atoms with Crippen molar-refractivity contribution in [2.75, 3.05) is 11.9 Å². The summed E-state index contributed by atoms with van der Waals surface area (Å²) in [5.41, 5.74) is 0.364. The van der Waals surface area contributed by atoms with Gasteiger partial charge in [0.15, 0.2) is 11.3 Å². The highest BCUT2D eigenvalue weighted by Crippen LogP contribution is 2.42. The van der Waals surface area contributed by atoms with Crippen LogP contribution in [0.15, 0.2) is 12.1 Å². The number of ether oxygens (including phenoxy) is 1. The lowest BCUT2D eigenvalue weighted by Crippen LogP contribution is -2.17. The third-order valence-electron chi connectivity index (χ3n) is 5.84. The van der Waals surface area contributed by atoms with Gasteiger partial charge in [0.1, 0.15) is 10.7 Å². The summed E-state index contributed by atoms with van der Waals surface area (Å²) in [5, 5.41) is 6.92. The van der Waals surface area contributed by atoms with E-state index >= 15 is 0 Å². The van der Waals surface area contributed by atoms with Gasteiger partial charge in [-0.1, -0.05) is 0 Å². The summed E-state index contributed by atoms with van der Waals surface area (Å²) in [6.07, 6.45) is 0.389. The first kappa shape index (κ1) is 21.9. The highest BCUT2D eigenvalue weighted by molar-refractivity contribution is 7.17. The molecule has 174 valence electrons. The third-order valence-corrected chi connectivity index (χ3v) is 7.05. The van der Waals surface area contributed by atoms with Crippen molar-refractivity contribution in [3.63, 3.8) is 0 Å². The Kier molecular flexibility index (Phi) is 5.38. The number of aromatic nitrogens is 3. The Balaban J connectivity index is 1.51. The number of nitrogens with one attached hydrogen (secondary N) is 1. The Bertz CT molecular complexity index is 1260. The van der Waals surface area contributed by atoms with Gasteiger partial charge in [0.05, 0.1) is 12.2 Å². The summed E-state index contributed by atoms with van der Waals surface area (Å²) in [6, 6.07) is 2.25. The molecule has 1 amide bonds. The Labute approximate surface area is 191 Å². The normalized spacial score (nSPS) is 16.0. The van der Waals surface area contributed by atoms with Crippen LogP contribution in [-0.2, 0) is 23.8 Å². The van der Waals surface area contributed by atoms with Crippen molar-refractivity contribution in [2.45, 2.75) is 57.5 Å². The molecule has 7 nitrogen and oxygen atoms in total. The molecule has 5 rings (SSSR count). The van der Waals surface area contributed by atoms with Gasteiger partial charge in [-0.2, -0.15) is 18.3 Å². The summed E-state index contributed by atoms with van der Waals surface area (Å²) in [5.74, 6) is -1.21. The summed E-state index contributed by atoms with van der Waals surface area (Å²) < 4.78 is 46.8. The Hall–Kier alpha value is -2.95. The van der Waals surface area contributed by atoms with Gasteiger partial charge in [0.2, 0.25) is 0 Å². The minimum Gasteiger partial charge on any atom is -0.462 e. The molecule has 3 aromatic heterocycles. The Morgan fingerprint density at radius 2 is 2.00 bits per heavy atom. The van der Waals surface area contributed by atoms with E-state index in [-0.39, 0.29) is 23.9 Å². The minimum atomic E-state index is -4.64. The number of rotatable bonds is 5. The van der Waals surface area contributed by atoms with Crippen LogP contribution in [0, 0.1) is 0 Å². The van der Waals surface area contributed by atoms with Crippen LogP contribution in [0.2, 0.25) is 0 Å². The molecule has 1 fully saturated rings. The number of thiophene rings is 1. The second-order valence-corrected chi connectivity index (χ2v) is 9.33. The van der Waals surface area contributed by atoms with Crippen molar-refractivity contribution in [1.29, 1.82) is 0 Å². The summed E-state index contributed by atoms with van der Waals surface area (Å²) in [7, 11) is 0. The predicted octanol–water partition coefficient (Wildman–Crippen LogP) is 4.99. The molecule has 1 N–H and O–H groups in total. The second-order valence-electron chi connectivity index (χ2n) is 8.23. The number of alkyl halides is 3. The number of carbonyl (C=O) groups excluding carboxylic acids is 2. The van der Waals surface area contributed by atoms with Gasteiger partial charge in [-0.15, -0.1) is 11.3 Å². The van der Waals surface area contributed by atoms with E-state index in [1.165, 1.54) is 17.4 Å². The first-order valence-electron chi connectivity index (χ1n) is 10.9. The lowest BCUT2D eigenvalue weighted by atomic mass is 9.95. The first-order chi connectivity index (χ1) is 15.8. The van der Waals surface area contributed by atoms with Gasteiger partial charge in [0.25, 0.3) is 5.91 Å². The van der Waals surface area contributed by atoms with E-state index in [0.717, 1.165) is 48.6 Å². The van der Waals surface area contributed by atoms with Crippen LogP contribution in [-0.4, -0.2) is 33.1 Å². The molecule has 11 heteroatoms. The molecule has 33 heavy (non-hydrogen) atoms. The monoisotopic (exact) mass is 478 g/mol. The molecule has 0 bridgehead atoms. The van der Waals surface area contributed by atoms with Gasteiger partial charge in [-0.25, -0.2) is 14.3 Å². The van der Waals surface area contributed by atoms with Gasteiger partial charge in [-0.3, -0.25) is 4.79 Å². The molecule has 0 aliphatic heterocycles. The molecule has 2 aliphatic rings. The number of amides is 1. The van der Waals surface area contributed by atoms with E-state index in [4.69, 9.17) is 4.74 Å². The van der Waals surface area contributed by atoms with Crippen LogP contribution < -0.4 is 5.32 Å². The van der Waals surface area contributed by atoms with Crippen molar-refractivity contribution in [1.82, 2.24) is 14.6 Å². The Morgan fingerprint density at radius 3 is 2.70 bits per heavy atom. The summed E-state index contributed by atoms with van der Waals surface area (Å²) in [4.78, 5) is 30.9. The maximum atomic E-state index is 13.6. The Morgan fingerprint density at radius 1 is 1.24 bits per heavy atom. The maximum absolute atomic E-state index is 13.6. The highest BCUT2D eigenvalue weighted by Gasteiger charge is 2.37. The van der Waals surface area contributed by atoms with E-state index in [1.807, 2.05) is 0 Å². The van der Waals surface area contributed by atoms with Crippen molar-refractivity contribution in [2.24, 2.45) is 0 Å². The number of anilines is 1. The van der Waals surface area contributed by atoms with Crippen LogP contribution in [0.25, 0.3) is 5.65 Å². The number of fused-ring (bicyclic) bond motifs is 2. The number of carbonyl (C=O) groups is 2. The quantitative estimate of drug-likeness (QED) is 0.522. The molecule has 0 unspecified atom stereocenters. The van der Waals surface area contributed by atoms with Crippen molar-refractivity contribution >= 4 is 33.9 Å². The fourth-order valence-corrected chi connectivity index (χ4v) is 5.41. The average Bonchev–Trinajstić information content (AvgIpc) is 3.41. The van der Waals surface area contributed by atoms with Crippen molar-refractivity contribution in [3.05, 3.63) is 45.2 Å². The molecule has 3 heterocycles. The van der Waals surface area contributed by atoms with E-state index < -0.39 is 23.7 Å². The molecular weight excluding hydrogens is 457 g/mol. The standard InChI is InChI=1S/C22H21F3N4O3S/c1-2-32-21(31)18-12-5-3-4-6-15(12)33-20(18)27-19(30)14-10-17-26-13(11-7-8-11)9-16(22(23,24)25)29(17)28-14/h9-11H,2-8H2,1H3,(H,27,30). The minimum absolute atomic E-state index is 0.00727. The van der Waals surface area contributed by atoms with Crippen LogP contribution >= 0.6 is 11.3 Å². The van der Waals surface area contributed by atoms with Gasteiger partial charge >= 0.3 is 12.1 Å². The zero-order chi connectivity index (χ0) is 23.3. The van der Waals surface area contributed by atoms with Crippen molar-refractivity contribution in [3.8, 4) is 0 Å². The van der Waals surface area contributed by atoms with E-state index in [1.54, 1.807) is 6.92 Å². The van der Waals surface area contributed by atoms with E-state index in [0.29, 0.717) is 27.2 Å². The second kappa shape index (κ2) is 8.12. The van der Waals surface area contributed by atoms with Crippen LogP contribution in [0.1, 0.15) is 81.2 Å². The predicted molar refractivity (Wildman–Crippen MR) is 115 cm³/mol. The molecule has 0 spiro atoms. The molecule has 0 atom stereocenters. The summed E-state index contributed by atoms with van der Waals surface area (Å²) >= 11 is 1.31. The first-order valence-corrected chi connectivity index (χ1v) is 11.7. The smallest absolute Gasteiger partial charge is 0.433 e. The molecule has 1 saturated carbocycles. The van der Waals surface area contributed by atoms with Crippen LogP contribution in [0.5, 0.6) is 0 Å². The average molecular weight is 478 g/mol. The molecule has 0 saturated heterocycles. The summed E-state index contributed by atoms with van der Waals surface area (Å²) in [6.45, 7) is 1.89. The van der Waals surface area contributed by atoms with Gasteiger partial charge in [-0.05, 0) is 57.1 Å². The number of hydrogen-bond donors (Lipinski definition) is 1. The number of halogens is 3. The zero-order valence-corrected chi connectivity index (χ0v) is 18.6. The fraction of sp³-hybridized carbons (Fsp3) is 0.455. The van der Waals surface area contributed by atoms with E-state index in [2.05, 4.69) is 15.4 Å². The number of aryl methyl sites for hydroxylation is 1. The molecule has 0 radical (unpaired) electrons. The SMILES string of the molecule is CCOC(=O)c1c(NC(=O)c2cc3nc(C4CC4)cc(C(F)(F)F)n3n2)sc2c1CCCC2. The lowest BCUT2D eigenvalue weighted by molar-refractivity contribution is -0.142. The van der Waals surface area contributed by atoms with Crippen molar-refractivity contribution < 1.29 is 27.5 Å². The number of esters is 1. The lowest BCUT2D eigenvalue weighted by Gasteiger charge is -2.12. The van der Waals surface area contributed by atoms with Crippen LogP contribution in [0.4, 0.5) is 18.2 Å². The largest absolute Gasteiger partial charge is 0.462 e. The molecule has 0 aromatic carbocycles. The van der Waals surface area contributed by atoms with Gasteiger partial charge in [0, 0.05) is 22.6 Å². The third kappa shape index (κ3) is 4.09. The topological polar surface area (TPSA) is 85.6 Å². The van der Waals surface area contributed by atoms with Gasteiger partial charge < -0.3 is 10.1 Å². The zero-order valence-electron chi connectivity index (χ0n) is 17.8. The molecular formula is C22H21F3N4O3S. The van der Waals surface area contributed by atoms with E-state index in [9.17, 15) is 22.8 Å². The highest BCUT2D eigenvalue weighted by atomic mass is 32.1. The fourth-order valence-electron chi connectivity index (χ4n) is 4.14. The number of nitrogens with zero attached hydrogens (tertiary/aromatic N) is 3. The molecule has 3 aromatic rings. The maximum Gasteiger partial charge on any atom is 0.433 e. The van der Waals surface area contributed by atoms with Crippen LogP contribution in [0.3, 0.4) is 0 Å². The number of hydrogen-bond acceptors (Lipinski definition) is 6.